The third-order valence-corrected chi connectivity index (χ3v) is 5.20. The number of nitrogens with one attached hydrogen (secondary N) is 2. The molecule has 0 amide bonds. The molecule has 1 atom stereocenters. The Hall–Kier alpha value is -3.56. The number of aromatic amines is 1. The van der Waals surface area contributed by atoms with Crippen molar-refractivity contribution >= 4 is 28.7 Å². The van der Waals surface area contributed by atoms with Crippen LogP contribution in [0.2, 0.25) is 5.02 Å². The number of aromatic nitrogens is 4. The van der Waals surface area contributed by atoms with E-state index in [1.807, 2.05) is 30.3 Å². The second-order valence-corrected chi connectivity index (χ2v) is 7.73. The van der Waals surface area contributed by atoms with Crippen molar-refractivity contribution < 1.29 is 9.84 Å². The normalized spacial score (nSPS) is 12.1. The van der Waals surface area contributed by atoms with Gasteiger partial charge in [-0.05, 0) is 29.8 Å². The summed E-state index contributed by atoms with van der Waals surface area (Å²) >= 11 is 5.88. The van der Waals surface area contributed by atoms with Crippen LogP contribution >= 0.6 is 11.6 Å². The summed E-state index contributed by atoms with van der Waals surface area (Å²) in [4.78, 5) is 31.3. The van der Waals surface area contributed by atoms with Crippen LogP contribution < -0.4 is 21.3 Å². The van der Waals surface area contributed by atoms with Crippen LogP contribution in [0.4, 0.5) is 5.95 Å². The first kappa shape index (κ1) is 21.7. The molecule has 0 aliphatic carbocycles. The molecular formula is C22H22ClN5O4. The number of hydrogen-bond donors (Lipinski definition) is 3. The molecule has 9 nitrogen and oxygen atoms in total. The number of benzene rings is 2. The van der Waals surface area contributed by atoms with Gasteiger partial charge in [-0.1, -0.05) is 41.9 Å². The van der Waals surface area contributed by atoms with Gasteiger partial charge in [-0.3, -0.25) is 14.3 Å². The van der Waals surface area contributed by atoms with Gasteiger partial charge < -0.3 is 19.7 Å². The average Bonchev–Trinajstić information content (AvgIpc) is 3.15. The number of anilines is 1. The maximum atomic E-state index is 12.6. The molecule has 0 unspecified atom stereocenters. The molecular weight excluding hydrogens is 434 g/mol. The van der Waals surface area contributed by atoms with E-state index in [9.17, 15) is 14.7 Å². The molecule has 3 N–H and O–H groups in total. The van der Waals surface area contributed by atoms with E-state index in [0.29, 0.717) is 23.3 Å². The van der Waals surface area contributed by atoms with Crippen molar-refractivity contribution in [1.29, 1.82) is 0 Å². The Kier molecular flexibility index (Phi) is 6.29. The third-order valence-electron chi connectivity index (χ3n) is 4.95. The van der Waals surface area contributed by atoms with Crippen LogP contribution in [0.25, 0.3) is 11.2 Å². The van der Waals surface area contributed by atoms with E-state index in [2.05, 4.69) is 15.3 Å². The first-order chi connectivity index (χ1) is 15.4. The number of hydrogen-bond acceptors (Lipinski definition) is 6. The van der Waals surface area contributed by atoms with Crippen LogP contribution in [0, 0.1) is 0 Å². The van der Waals surface area contributed by atoms with Crippen molar-refractivity contribution in [3.63, 3.8) is 0 Å². The van der Waals surface area contributed by atoms with E-state index in [1.54, 1.807) is 28.8 Å². The summed E-state index contributed by atoms with van der Waals surface area (Å²) in [6, 6.07) is 16.5. The lowest BCUT2D eigenvalue weighted by Gasteiger charge is -2.16. The fraction of sp³-hybridized carbons (Fsp3) is 0.227. The van der Waals surface area contributed by atoms with Crippen LogP contribution in [-0.4, -0.2) is 36.9 Å². The van der Waals surface area contributed by atoms with E-state index >= 15 is 0 Å². The Balaban J connectivity index is 1.61. The molecule has 0 fully saturated rings. The minimum atomic E-state index is -0.947. The molecule has 2 aromatic heterocycles. The van der Waals surface area contributed by atoms with Crippen molar-refractivity contribution in [1.82, 2.24) is 19.1 Å². The number of imidazole rings is 1. The molecule has 0 saturated carbocycles. The summed E-state index contributed by atoms with van der Waals surface area (Å²) in [5, 5.41) is 14.4. The highest BCUT2D eigenvalue weighted by atomic mass is 35.5. The van der Waals surface area contributed by atoms with Crippen LogP contribution in [-0.2, 0) is 20.1 Å². The Morgan fingerprint density at radius 1 is 1.16 bits per heavy atom. The number of aliphatic hydroxyl groups is 1. The lowest BCUT2D eigenvalue weighted by molar-refractivity contribution is 0.0938. The van der Waals surface area contributed by atoms with Gasteiger partial charge in [0.05, 0.1) is 6.54 Å². The van der Waals surface area contributed by atoms with Crippen molar-refractivity contribution in [2.75, 3.05) is 11.9 Å². The Bertz CT molecular complexity index is 1330. The zero-order valence-electron chi connectivity index (χ0n) is 17.3. The number of rotatable bonds is 8. The Labute approximate surface area is 187 Å². The number of H-pyrrole nitrogens is 1. The quantitative estimate of drug-likeness (QED) is 0.375. The van der Waals surface area contributed by atoms with Crippen molar-refractivity contribution in [2.24, 2.45) is 7.05 Å². The van der Waals surface area contributed by atoms with E-state index in [4.69, 9.17) is 16.3 Å². The molecule has 4 aromatic rings. The van der Waals surface area contributed by atoms with Gasteiger partial charge in [0.2, 0.25) is 5.95 Å². The van der Waals surface area contributed by atoms with Gasteiger partial charge in [0, 0.05) is 18.6 Å². The molecule has 0 aliphatic rings. The second-order valence-electron chi connectivity index (χ2n) is 7.29. The summed E-state index contributed by atoms with van der Waals surface area (Å²) in [6.45, 7) is 0.471. The van der Waals surface area contributed by atoms with Crippen molar-refractivity contribution in [3.05, 3.63) is 86.0 Å². The molecule has 2 aromatic carbocycles. The molecule has 0 aliphatic heterocycles. The predicted octanol–water partition coefficient (Wildman–Crippen LogP) is 2.13. The minimum Gasteiger partial charge on any atom is -0.491 e. The zero-order chi connectivity index (χ0) is 22.7. The number of aliphatic hydroxyl groups excluding tert-OH is 1. The first-order valence-corrected chi connectivity index (χ1v) is 10.3. The molecule has 2 heterocycles. The summed E-state index contributed by atoms with van der Waals surface area (Å²) in [5.41, 5.74) is 0.288. The van der Waals surface area contributed by atoms with Crippen LogP contribution in [0.15, 0.2) is 64.2 Å². The molecule has 32 heavy (non-hydrogen) atoms. The number of nitrogens with zero attached hydrogens (tertiary/aromatic N) is 3. The van der Waals surface area contributed by atoms with Crippen molar-refractivity contribution in [2.45, 2.75) is 19.2 Å². The van der Waals surface area contributed by atoms with E-state index in [0.717, 1.165) is 5.56 Å². The van der Waals surface area contributed by atoms with E-state index in [-0.39, 0.29) is 24.3 Å². The first-order valence-electron chi connectivity index (χ1n) is 9.96. The molecule has 0 radical (unpaired) electrons. The Morgan fingerprint density at radius 2 is 1.88 bits per heavy atom. The number of ether oxygens (including phenoxy) is 1. The summed E-state index contributed by atoms with van der Waals surface area (Å²) in [7, 11) is 1.53. The SMILES string of the molecule is Cn1c(=O)[nH]c(=O)c2c1nc(NCc1ccccc1)n2C[C@@H](O)COc1ccc(Cl)cc1. The molecule has 0 spiro atoms. The predicted molar refractivity (Wildman–Crippen MR) is 122 cm³/mol. The van der Waals surface area contributed by atoms with Gasteiger partial charge in [-0.25, -0.2) is 4.79 Å². The van der Waals surface area contributed by atoms with Gasteiger partial charge in [0.1, 0.15) is 18.5 Å². The smallest absolute Gasteiger partial charge is 0.329 e. The van der Waals surface area contributed by atoms with E-state index in [1.165, 1.54) is 11.6 Å². The number of fused-ring (bicyclic) bond motifs is 1. The molecule has 0 bridgehead atoms. The maximum absolute atomic E-state index is 12.6. The molecule has 4 rings (SSSR count). The monoisotopic (exact) mass is 455 g/mol. The summed E-state index contributed by atoms with van der Waals surface area (Å²) in [5.74, 6) is 0.924. The highest BCUT2D eigenvalue weighted by Crippen LogP contribution is 2.19. The minimum absolute atomic E-state index is 0.0108. The van der Waals surface area contributed by atoms with Crippen molar-refractivity contribution in [3.8, 4) is 5.75 Å². The zero-order valence-corrected chi connectivity index (χ0v) is 18.0. The topological polar surface area (TPSA) is 114 Å². The lowest BCUT2D eigenvalue weighted by Crippen LogP contribution is -2.30. The lowest BCUT2D eigenvalue weighted by atomic mass is 10.2. The summed E-state index contributed by atoms with van der Waals surface area (Å²) in [6.07, 6.45) is -0.947. The Morgan fingerprint density at radius 3 is 2.59 bits per heavy atom. The molecule has 10 heteroatoms. The summed E-state index contributed by atoms with van der Waals surface area (Å²) < 4.78 is 8.45. The fourth-order valence-electron chi connectivity index (χ4n) is 3.31. The van der Waals surface area contributed by atoms with Gasteiger partial charge in [0.15, 0.2) is 11.2 Å². The highest BCUT2D eigenvalue weighted by molar-refractivity contribution is 6.30. The molecule has 0 saturated heterocycles. The molecule has 166 valence electrons. The van der Waals surface area contributed by atoms with Gasteiger partial charge in [-0.15, -0.1) is 0 Å². The van der Waals surface area contributed by atoms with Gasteiger partial charge >= 0.3 is 5.69 Å². The van der Waals surface area contributed by atoms with E-state index < -0.39 is 17.4 Å². The van der Waals surface area contributed by atoms with Crippen LogP contribution in [0.1, 0.15) is 5.56 Å². The average molecular weight is 456 g/mol. The highest BCUT2D eigenvalue weighted by Gasteiger charge is 2.20. The second kappa shape index (κ2) is 9.29. The van der Waals surface area contributed by atoms with Gasteiger partial charge in [-0.2, -0.15) is 4.98 Å². The standard InChI is InChI=1S/C22H22ClN5O4/c1-27-19-18(20(30)26-22(27)31)28(21(25-19)24-11-14-5-3-2-4-6-14)12-16(29)13-32-17-9-7-15(23)8-10-17/h2-10,16,29H,11-13H2,1H3,(H,24,25)(H,26,30,31)/t16-/m1/s1. The number of halogens is 1. The largest absolute Gasteiger partial charge is 0.491 e. The third kappa shape index (κ3) is 4.68. The fourth-order valence-corrected chi connectivity index (χ4v) is 3.44. The van der Waals surface area contributed by atoms with Crippen LogP contribution in [0.5, 0.6) is 5.75 Å². The van der Waals surface area contributed by atoms with Gasteiger partial charge in [0.25, 0.3) is 5.56 Å². The van der Waals surface area contributed by atoms with Crippen LogP contribution in [0.3, 0.4) is 0 Å². The maximum Gasteiger partial charge on any atom is 0.329 e. The number of aryl methyl sites for hydroxylation is 1.